The van der Waals surface area contributed by atoms with Gasteiger partial charge >= 0.3 is 0 Å². The van der Waals surface area contributed by atoms with Crippen molar-refractivity contribution in [3.05, 3.63) is 57.9 Å². The van der Waals surface area contributed by atoms with Crippen LogP contribution in [-0.2, 0) is 13.6 Å². The molecule has 24 heavy (non-hydrogen) atoms. The van der Waals surface area contributed by atoms with Gasteiger partial charge in [-0.25, -0.2) is 4.98 Å². The zero-order valence-electron chi connectivity index (χ0n) is 14.0. The van der Waals surface area contributed by atoms with Gasteiger partial charge in [-0.05, 0) is 44.5 Å². The summed E-state index contributed by atoms with van der Waals surface area (Å²) in [5.74, 6) is 0.850. The van der Waals surface area contributed by atoms with E-state index in [2.05, 4.69) is 21.2 Å². The van der Waals surface area contributed by atoms with E-state index < -0.39 is 0 Å². The van der Waals surface area contributed by atoms with Crippen molar-refractivity contribution in [1.82, 2.24) is 24.6 Å². The summed E-state index contributed by atoms with van der Waals surface area (Å²) < 4.78 is 1.71. The first-order chi connectivity index (χ1) is 11.6. The van der Waals surface area contributed by atoms with Crippen molar-refractivity contribution >= 4 is 10.9 Å². The van der Waals surface area contributed by atoms with Crippen molar-refractivity contribution in [2.45, 2.75) is 32.4 Å². The van der Waals surface area contributed by atoms with Crippen molar-refractivity contribution in [1.29, 1.82) is 0 Å². The minimum Gasteiger partial charge on any atom is -0.298 e. The summed E-state index contributed by atoms with van der Waals surface area (Å²) in [4.78, 5) is 19.8. The van der Waals surface area contributed by atoms with Gasteiger partial charge in [-0.15, -0.1) is 0 Å². The highest BCUT2D eigenvalue weighted by Crippen LogP contribution is 2.31. The molecule has 1 aliphatic rings. The summed E-state index contributed by atoms with van der Waals surface area (Å²) in [5.41, 5.74) is 2.90. The lowest BCUT2D eigenvalue weighted by Gasteiger charge is -2.24. The predicted octanol–water partition coefficient (Wildman–Crippen LogP) is 2.30. The van der Waals surface area contributed by atoms with Crippen LogP contribution in [0.2, 0.25) is 0 Å². The number of aromatic nitrogens is 4. The monoisotopic (exact) mass is 323 g/mol. The average molecular weight is 323 g/mol. The molecule has 0 aliphatic carbocycles. The van der Waals surface area contributed by atoms with Crippen molar-refractivity contribution in [3.8, 4) is 0 Å². The molecule has 0 bridgehead atoms. The van der Waals surface area contributed by atoms with Crippen LogP contribution in [0.5, 0.6) is 0 Å². The van der Waals surface area contributed by atoms with E-state index in [1.165, 1.54) is 0 Å². The smallest absolute Gasteiger partial charge is 0.261 e. The highest BCUT2D eigenvalue weighted by Gasteiger charge is 2.30. The first-order valence-corrected chi connectivity index (χ1v) is 8.34. The van der Waals surface area contributed by atoms with Crippen LogP contribution in [-0.4, -0.2) is 31.2 Å². The maximum Gasteiger partial charge on any atom is 0.261 e. The number of benzene rings is 1. The van der Waals surface area contributed by atoms with Crippen molar-refractivity contribution in [2.75, 3.05) is 6.54 Å². The lowest BCUT2D eigenvalue weighted by Crippen LogP contribution is -2.30. The third-order valence-corrected chi connectivity index (χ3v) is 4.80. The van der Waals surface area contributed by atoms with Gasteiger partial charge in [0, 0.05) is 19.3 Å². The van der Waals surface area contributed by atoms with Crippen LogP contribution in [0.1, 0.15) is 36.1 Å². The molecule has 4 rings (SSSR count). The maximum absolute atomic E-state index is 12.7. The molecule has 124 valence electrons. The van der Waals surface area contributed by atoms with Crippen molar-refractivity contribution in [3.63, 3.8) is 0 Å². The van der Waals surface area contributed by atoms with Gasteiger partial charge in [0.2, 0.25) is 0 Å². The molecule has 3 heterocycles. The summed E-state index contributed by atoms with van der Waals surface area (Å²) in [7, 11) is 1.83. The second-order valence-corrected chi connectivity index (χ2v) is 6.52. The number of para-hydroxylation sites is 1. The molecular weight excluding hydrogens is 302 g/mol. The molecule has 0 saturated carbocycles. The van der Waals surface area contributed by atoms with Crippen LogP contribution in [0.25, 0.3) is 10.9 Å². The zero-order chi connectivity index (χ0) is 16.7. The van der Waals surface area contributed by atoms with E-state index in [1.54, 1.807) is 4.57 Å². The van der Waals surface area contributed by atoms with E-state index in [1.807, 2.05) is 38.2 Å². The first-order valence-electron chi connectivity index (χ1n) is 8.34. The topological polar surface area (TPSA) is 66.8 Å². The Bertz CT molecular complexity index is 942. The van der Waals surface area contributed by atoms with E-state index in [4.69, 9.17) is 4.98 Å². The van der Waals surface area contributed by atoms with Crippen LogP contribution in [0.4, 0.5) is 0 Å². The summed E-state index contributed by atoms with van der Waals surface area (Å²) in [6.07, 6.45) is 2.12. The third kappa shape index (κ3) is 2.53. The Morgan fingerprint density at radius 1 is 1.33 bits per heavy atom. The van der Waals surface area contributed by atoms with Crippen LogP contribution in [0.3, 0.4) is 0 Å². The van der Waals surface area contributed by atoms with Crippen LogP contribution >= 0.6 is 0 Å². The van der Waals surface area contributed by atoms with Gasteiger partial charge < -0.3 is 0 Å². The van der Waals surface area contributed by atoms with E-state index in [0.29, 0.717) is 5.39 Å². The number of H-pyrrole nitrogens is 1. The van der Waals surface area contributed by atoms with Crippen LogP contribution in [0.15, 0.2) is 35.1 Å². The number of nitrogens with one attached hydrogen (secondary N) is 1. The Labute approximate surface area is 140 Å². The highest BCUT2D eigenvalue weighted by molar-refractivity contribution is 5.77. The predicted molar refractivity (Wildman–Crippen MR) is 92.7 cm³/mol. The molecule has 0 spiro atoms. The van der Waals surface area contributed by atoms with Crippen molar-refractivity contribution in [2.24, 2.45) is 7.05 Å². The molecule has 1 saturated heterocycles. The second kappa shape index (κ2) is 5.87. The molecule has 1 aliphatic heterocycles. The minimum atomic E-state index is 0.0260. The fraction of sp³-hybridized carbons (Fsp3) is 0.389. The number of hydrogen-bond donors (Lipinski definition) is 1. The van der Waals surface area contributed by atoms with Gasteiger partial charge in [-0.2, -0.15) is 5.10 Å². The van der Waals surface area contributed by atoms with E-state index in [9.17, 15) is 4.79 Å². The van der Waals surface area contributed by atoms with Crippen LogP contribution < -0.4 is 5.56 Å². The Hall–Kier alpha value is -2.47. The molecule has 6 heteroatoms. The molecule has 1 unspecified atom stereocenters. The van der Waals surface area contributed by atoms with Gasteiger partial charge in [0.15, 0.2) is 0 Å². The highest BCUT2D eigenvalue weighted by atomic mass is 16.1. The molecule has 2 aromatic heterocycles. The summed E-state index contributed by atoms with van der Waals surface area (Å²) in [5, 5.41) is 8.01. The average Bonchev–Trinajstić information content (AvgIpc) is 3.20. The van der Waals surface area contributed by atoms with E-state index in [0.717, 1.165) is 48.7 Å². The fourth-order valence-corrected chi connectivity index (χ4v) is 3.60. The molecule has 0 amide bonds. The van der Waals surface area contributed by atoms with Gasteiger partial charge in [-0.3, -0.25) is 19.4 Å². The van der Waals surface area contributed by atoms with Gasteiger partial charge in [-0.1, -0.05) is 12.1 Å². The van der Waals surface area contributed by atoms with Crippen molar-refractivity contribution < 1.29 is 0 Å². The van der Waals surface area contributed by atoms with E-state index in [-0.39, 0.29) is 11.6 Å². The number of aryl methyl sites for hydroxylation is 1. The SMILES string of the molecule is Cc1cc(CN2CCCC2c2nc3ccccc3c(=O)n2C)n[nH]1. The standard InChI is InChI=1S/C18H21N5O/c1-12-10-13(21-20-12)11-23-9-5-8-16(23)17-19-15-7-4-3-6-14(15)18(24)22(17)2/h3-4,6-7,10,16H,5,8-9,11H2,1-2H3,(H,20,21). The van der Waals surface area contributed by atoms with Crippen LogP contribution in [0, 0.1) is 6.92 Å². The first kappa shape index (κ1) is 15.1. The fourth-order valence-electron chi connectivity index (χ4n) is 3.60. The number of fused-ring (bicyclic) bond motifs is 1. The number of nitrogens with zero attached hydrogens (tertiary/aromatic N) is 4. The van der Waals surface area contributed by atoms with Gasteiger partial charge in [0.05, 0.1) is 22.6 Å². The number of rotatable bonds is 3. The summed E-state index contributed by atoms with van der Waals surface area (Å²) in [6.45, 7) is 3.78. The molecule has 1 N–H and O–H groups in total. The molecule has 1 fully saturated rings. The normalized spacial score (nSPS) is 18.5. The van der Waals surface area contributed by atoms with Gasteiger partial charge in [0.25, 0.3) is 5.56 Å². The number of aromatic amines is 1. The minimum absolute atomic E-state index is 0.0260. The quantitative estimate of drug-likeness (QED) is 0.803. The van der Waals surface area contributed by atoms with E-state index >= 15 is 0 Å². The number of hydrogen-bond acceptors (Lipinski definition) is 4. The lowest BCUT2D eigenvalue weighted by molar-refractivity contribution is 0.232. The van der Waals surface area contributed by atoms with Gasteiger partial charge in [0.1, 0.15) is 5.82 Å². The Morgan fingerprint density at radius 3 is 2.96 bits per heavy atom. The third-order valence-electron chi connectivity index (χ3n) is 4.80. The Balaban J connectivity index is 1.73. The molecule has 1 atom stereocenters. The summed E-state index contributed by atoms with van der Waals surface area (Å²) >= 11 is 0. The molecule has 1 aromatic carbocycles. The molecular formula is C18H21N5O. The Kier molecular flexibility index (Phi) is 3.69. The Morgan fingerprint density at radius 2 is 2.17 bits per heavy atom. The lowest BCUT2D eigenvalue weighted by atomic mass is 10.1. The number of likely N-dealkylation sites (tertiary alicyclic amines) is 1. The largest absolute Gasteiger partial charge is 0.298 e. The maximum atomic E-state index is 12.7. The second-order valence-electron chi connectivity index (χ2n) is 6.52. The zero-order valence-corrected chi connectivity index (χ0v) is 14.0. The molecule has 3 aromatic rings. The molecule has 0 radical (unpaired) electrons. The summed E-state index contributed by atoms with van der Waals surface area (Å²) in [6, 6.07) is 9.79. The molecule has 6 nitrogen and oxygen atoms in total.